The summed E-state index contributed by atoms with van der Waals surface area (Å²) in [5.41, 5.74) is 3.50. The number of hydrogen-bond acceptors (Lipinski definition) is 3. The molecule has 4 rings (SSSR count). The lowest BCUT2D eigenvalue weighted by Gasteiger charge is -2.21. The molecule has 1 aliphatic heterocycles. The number of benzene rings is 2. The summed E-state index contributed by atoms with van der Waals surface area (Å²) in [6, 6.07) is 13.7. The van der Waals surface area contributed by atoms with Crippen LogP contribution in [0, 0.1) is 12.8 Å². The Morgan fingerprint density at radius 3 is 2.67 bits per heavy atom. The van der Waals surface area contributed by atoms with Gasteiger partial charge in [0, 0.05) is 36.1 Å². The summed E-state index contributed by atoms with van der Waals surface area (Å²) < 4.78 is 6.02. The number of anilines is 2. The fourth-order valence-corrected chi connectivity index (χ4v) is 4.60. The van der Waals surface area contributed by atoms with Crippen LogP contribution in [0.5, 0.6) is 5.75 Å². The van der Waals surface area contributed by atoms with Crippen molar-refractivity contribution < 1.29 is 9.53 Å². The molecule has 6 nitrogen and oxygen atoms in total. The lowest BCUT2D eigenvalue weighted by molar-refractivity contribution is 0.100. The Kier molecular flexibility index (Phi) is 8.23. The van der Waals surface area contributed by atoms with Gasteiger partial charge < -0.3 is 20.7 Å². The van der Waals surface area contributed by atoms with E-state index < -0.39 is 0 Å². The molecule has 0 bridgehead atoms. The first-order valence-electron chi connectivity index (χ1n) is 12.4. The van der Waals surface area contributed by atoms with Crippen LogP contribution in [-0.2, 0) is 0 Å². The van der Waals surface area contributed by atoms with E-state index >= 15 is 0 Å². The number of amides is 1. The van der Waals surface area contributed by atoms with Gasteiger partial charge in [-0.25, -0.2) is 0 Å². The molecule has 2 aromatic rings. The van der Waals surface area contributed by atoms with Crippen molar-refractivity contribution in [2.75, 3.05) is 25.0 Å². The molecule has 0 radical (unpaired) electrons. The van der Waals surface area contributed by atoms with Crippen molar-refractivity contribution in [3.63, 3.8) is 0 Å². The monoisotopic (exact) mass is 448 g/mol. The molecule has 3 N–H and O–H groups in total. The first-order chi connectivity index (χ1) is 16.2. The van der Waals surface area contributed by atoms with E-state index in [0.29, 0.717) is 11.5 Å². The lowest BCUT2D eigenvalue weighted by atomic mass is 9.86. The van der Waals surface area contributed by atoms with Crippen molar-refractivity contribution in [1.29, 1.82) is 0 Å². The van der Waals surface area contributed by atoms with Gasteiger partial charge in [0.2, 0.25) is 0 Å². The zero-order valence-electron chi connectivity index (χ0n) is 19.7. The molecular formula is C27H36N4O2. The number of aryl methyl sites for hydroxylation is 1. The van der Waals surface area contributed by atoms with E-state index in [4.69, 9.17) is 4.74 Å². The molecular weight excluding hydrogens is 412 g/mol. The summed E-state index contributed by atoms with van der Waals surface area (Å²) in [7, 11) is 0. The highest BCUT2D eigenvalue weighted by atomic mass is 16.5. The van der Waals surface area contributed by atoms with E-state index in [1.54, 1.807) is 0 Å². The molecule has 1 aliphatic carbocycles. The Balaban J connectivity index is 1.30. The van der Waals surface area contributed by atoms with Crippen molar-refractivity contribution >= 4 is 23.2 Å². The number of nitrogens with zero attached hydrogens (tertiary/aromatic N) is 1. The van der Waals surface area contributed by atoms with Crippen LogP contribution in [0.1, 0.15) is 67.3 Å². The van der Waals surface area contributed by atoms with Gasteiger partial charge in [-0.2, -0.15) is 4.99 Å². The van der Waals surface area contributed by atoms with Crippen molar-refractivity contribution in [1.82, 2.24) is 10.6 Å². The Morgan fingerprint density at radius 2 is 1.88 bits per heavy atom. The van der Waals surface area contributed by atoms with Crippen LogP contribution in [0.25, 0.3) is 0 Å². The van der Waals surface area contributed by atoms with Crippen LogP contribution in [0.15, 0.2) is 47.5 Å². The van der Waals surface area contributed by atoms with Crippen molar-refractivity contribution in [3.05, 3.63) is 53.6 Å². The number of guanidine groups is 1. The van der Waals surface area contributed by atoms with Gasteiger partial charge in [0.25, 0.3) is 5.91 Å². The third kappa shape index (κ3) is 6.98. The molecule has 0 aromatic heterocycles. The van der Waals surface area contributed by atoms with Crippen LogP contribution in [-0.4, -0.2) is 31.6 Å². The summed E-state index contributed by atoms with van der Waals surface area (Å²) >= 11 is 0. The van der Waals surface area contributed by atoms with E-state index in [0.717, 1.165) is 61.1 Å². The molecule has 1 amide bonds. The highest BCUT2D eigenvalue weighted by molar-refractivity contribution is 6.03. The largest absolute Gasteiger partial charge is 0.494 e. The summed E-state index contributed by atoms with van der Waals surface area (Å²) in [6.45, 7) is 4.44. The Labute approximate surface area is 197 Å². The number of rotatable bonds is 8. The van der Waals surface area contributed by atoms with E-state index in [1.165, 1.54) is 38.5 Å². The molecule has 1 heterocycles. The Bertz CT molecular complexity index is 958. The maximum atomic E-state index is 12.5. The molecule has 2 aliphatic rings. The summed E-state index contributed by atoms with van der Waals surface area (Å²) in [6.07, 6.45) is 10.4. The smallest absolute Gasteiger partial charge is 0.280 e. The second kappa shape index (κ2) is 11.7. The molecule has 0 atom stereocenters. The van der Waals surface area contributed by atoms with E-state index in [1.807, 2.05) is 49.4 Å². The van der Waals surface area contributed by atoms with E-state index in [-0.39, 0.29) is 5.91 Å². The first-order valence-corrected chi connectivity index (χ1v) is 12.4. The number of carbonyl (C=O) groups excluding carboxylic acids is 1. The Hall–Kier alpha value is -3.02. The van der Waals surface area contributed by atoms with Gasteiger partial charge in [0.1, 0.15) is 5.75 Å². The zero-order valence-corrected chi connectivity index (χ0v) is 19.7. The number of nitrogens with one attached hydrogen (secondary N) is 3. The van der Waals surface area contributed by atoms with Gasteiger partial charge in [-0.3, -0.25) is 4.79 Å². The fraction of sp³-hybridized carbons (Fsp3) is 0.481. The third-order valence-electron chi connectivity index (χ3n) is 6.49. The van der Waals surface area contributed by atoms with Crippen LogP contribution >= 0.6 is 0 Å². The molecule has 6 heteroatoms. The van der Waals surface area contributed by atoms with Crippen LogP contribution in [0.3, 0.4) is 0 Å². The predicted molar refractivity (Wildman–Crippen MR) is 135 cm³/mol. The van der Waals surface area contributed by atoms with Crippen LogP contribution in [0.2, 0.25) is 0 Å². The average Bonchev–Trinajstić information content (AvgIpc) is 2.85. The molecule has 1 saturated carbocycles. The highest BCUT2D eigenvalue weighted by Crippen LogP contribution is 2.28. The topological polar surface area (TPSA) is 74.8 Å². The van der Waals surface area contributed by atoms with Gasteiger partial charge in [-0.15, -0.1) is 0 Å². The fourth-order valence-electron chi connectivity index (χ4n) is 4.60. The van der Waals surface area contributed by atoms with Crippen molar-refractivity contribution in [3.8, 4) is 5.75 Å². The summed E-state index contributed by atoms with van der Waals surface area (Å²) in [5.74, 6) is 2.10. The number of aliphatic imine (C=N–C) groups is 1. The zero-order chi connectivity index (χ0) is 22.9. The molecule has 2 aromatic carbocycles. The second-order valence-corrected chi connectivity index (χ2v) is 9.15. The molecule has 176 valence electrons. The molecule has 2 fully saturated rings. The van der Waals surface area contributed by atoms with Gasteiger partial charge in [-0.05, 0) is 68.0 Å². The highest BCUT2D eigenvalue weighted by Gasteiger charge is 2.13. The Morgan fingerprint density at radius 1 is 1.06 bits per heavy atom. The van der Waals surface area contributed by atoms with Gasteiger partial charge in [-0.1, -0.05) is 38.2 Å². The van der Waals surface area contributed by atoms with Crippen LogP contribution in [0.4, 0.5) is 11.4 Å². The summed E-state index contributed by atoms with van der Waals surface area (Å²) in [4.78, 5) is 16.7. The molecule has 33 heavy (non-hydrogen) atoms. The minimum Gasteiger partial charge on any atom is -0.494 e. The van der Waals surface area contributed by atoms with Crippen molar-refractivity contribution in [2.45, 2.75) is 58.3 Å². The predicted octanol–water partition coefficient (Wildman–Crippen LogP) is 5.56. The lowest BCUT2D eigenvalue weighted by Crippen LogP contribution is -2.44. The SMILES string of the molecule is Cc1cc(C(=O)N=C2NCCCN2)ccc1Nc1cccc(OCCCC2CCCCC2)c1. The minimum atomic E-state index is -0.245. The third-order valence-corrected chi connectivity index (χ3v) is 6.49. The van der Waals surface area contributed by atoms with Gasteiger partial charge in [0.05, 0.1) is 6.61 Å². The second-order valence-electron chi connectivity index (χ2n) is 9.15. The number of carbonyl (C=O) groups is 1. The van der Waals surface area contributed by atoms with E-state index in [9.17, 15) is 4.79 Å². The number of ether oxygens (including phenoxy) is 1. The average molecular weight is 449 g/mol. The molecule has 0 spiro atoms. The van der Waals surface area contributed by atoms with Gasteiger partial charge in [0.15, 0.2) is 5.96 Å². The molecule has 0 unspecified atom stereocenters. The van der Waals surface area contributed by atoms with Crippen molar-refractivity contribution in [2.24, 2.45) is 10.9 Å². The minimum absolute atomic E-state index is 0.245. The maximum absolute atomic E-state index is 12.5. The normalized spacial score (nSPS) is 16.5. The van der Waals surface area contributed by atoms with Gasteiger partial charge >= 0.3 is 0 Å². The summed E-state index contributed by atoms with van der Waals surface area (Å²) in [5, 5.41) is 9.67. The van der Waals surface area contributed by atoms with E-state index in [2.05, 4.69) is 20.9 Å². The molecule has 1 saturated heterocycles. The quantitative estimate of drug-likeness (QED) is 0.461. The maximum Gasteiger partial charge on any atom is 0.280 e. The number of hydrogen-bond donors (Lipinski definition) is 3. The standard InChI is InChI=1S/C27H36N4O2/c1-20-18-22(26(32)31-27-28-15-7-16-29-27)13-14-25(20)30-23-11-5-12-24(19-23)33-17-6-10-21-8-3-2-4-9-21/h5,11-14,18-19,21,30H,2-4,6-10,15-17H2,1H3,(H2,28,29,31,32). The first kappa shape index (κ1) is 23.1. The van der Waals surface area contributed by atoms with Crippen LogP contribution < -0.4 is 20.7 Å².